The van der Waals surface area contributed by atoms with Crippen LogP contribution < -0.4 is 24.8 Å². The minimum absolute atomic E-state index is 0.0913. The molecule has 2 heterocycles. The Bertz CT molecular complexity index is 1260. The molecule has 32 heavy (non-hydrogen) atoms. The van der Waals surface area contributed by atoms with Crippen molar-refractivity contribution in [3.05, 3.63) is 42.1 Å². The molecule has 0 saturated heterocycles. The Labute approximate surface area is 183 Å². The minimum atomic E-state index is -0.349. The van der Waals surface area contributed by atoms with Crippen molar-refractivity contribution in [2.24, 2.45) is 0 Å². The largest absolute Gasteiger partial charge is 0.493 e. The molecule has 0 fully saturated rings. The number of para-hydroxylation sites is 2. The highest BCUT2D eigenvalue weighted by Gasteiger charge is 2.20. The van der Waals surface area contributed by atoms with Crippen LogP contribution in [0.5, 0.6) is 17.2 Å². The van der Waals surface area contributed by atoms with E-state index in [1.807, 2.05) is 24.3 Å². The summed E-state index contributed by atoms with van der Waals surface area (Å²) >= 11 is 0. The normalized spacial score (nSPS) is 10.8. The standard InChI is InChI=1S/C22H23N5O5/c1-30-16-11-12-10-15(24-18(12)20(32-3)19(16)31-2)21(29)23-9-8-17(28)27-22-25-13-6-4-5-7-14(13)26-22/h4-7,10-11,24H,8-9H2,1-3H3,(H,23,29)(H2,25,26,27,28). The van der Waals surface area contributed by atoms with E-state index >= 15 is 0 Å². The van der Waals surface area contributed by atoms with Crippen LogP contribution in [0.4, 0.5) is 5.95 Å². The summed E-state index contributed by atoms with van der Waals surface area (Å²) < 4.78 is 16.2. The predicted octanol–water partition coefficient (Wildman–Crippen LogP) is 2.83. The number of rotatable bonds is 8. The summed E-state index contributed by atoms with van der Waals surface area (Å²) in [5.41, 5.74) is 2.53. The SMILES string of the molecule is COc1cc2cc(C(=O)NCCC(=O)Nc3nc4ccccc4[nH]3)[nH]c2c(OC)c1OC. The van der Waals surface area contributed by atoms with Gasteiger partial charge in [0, 0.05) is 18.4 Å². The van der Waals surface area contributed by atoms with E-state index in [0.29, 0.717) is 34.4 Å². The van der Waals surface area contributed by atoms with Gasteiger partial charge in [0.2, 0.25) is 17.6 Å². The van der Waals surface area contributed by atoms with Crippen LogP contribution in [0.3, 0.4) is 0 Å². The fourth-order valence-corrected chi connectivity index (χ4v) is 3.46. The highest BCUT2D eigenvalue weighted by molar-refractivity contribution is 6.01. The molecule has 0 bridgehead atoms. The van der Waals surface area contributed by atoms with E-state index in [-0.39, 0.29) is 24.8 Å². The summed E-state index contributed by atoms with van der Waals surface area (Å²) in [5, 5.41) is 6.16. The molecule has 10 nitrogen and oxygen atoms in total. The van der Waals surface area contributed by atoms with Gasteiger partial charge in [-0.05, 0) is 24.3 Å². The van der Waals surface area contributed by atoms with Crippen molar-refractivity contribution in [2.75, 3.05) is 33.2 Å². The lowest BCUT2D eigenvalue weighted by Gasteiger charge is -2.12. The molecule has 2 aromatic carbocycles. The minimum Gasteiger partial charge on any atom is -0.493 e. The fourth-order valence-electron chi connectivity index (χ4n) is 3.46. The van der Waals surface area contributed by atoms with Gasteiger partial charge in [0.15, 0.2) is 11.5 Å². The van der Waals surface area contributed by atoms with Crippen molar-refractivity contribution in [1.82, 2.24) is 20.3 Å². The van der Waals surface area contributed by atoms with Crippen LogP contribution in [0.25, 0.3) is 21.9 Å². The fraction of sp³-hybridized carbons (Fsp3) is 0.227. The highest BCUT2D eigenvalue weighted by Crippen LogP contribution is 2.43. The average molecular weight is 437 g/mol. The van der Waals surface area contributed by atoms with E-state index in [1.54, 1.807) is 12.1 Å². The maximum Gasteiger partial charge on any atom is 0.267 e. The van der Waals surface area contributed by atoms with Gasteiger partial charge in [0.1, 0.15) is 5.69 Å². The van der Waals surface area contributed by atoms with Gasteiger partial charge < -0.3 is 29.5 Å². The molecule has 10 heteroatoms. The molecule has 0 saturated carbocycles. The zero-order valence-corrected chi connectivity index (χ0v) is 17.9. The van der Waals surface area contributed by atoms with E-state index in [1.165, 1.54) is 21.3 Å². The predicted molar refractivity (Wildman–Crippen MR) is 120 cm³/mol. The Morgan fingerprint density at radius 1 is 1.00 bits per heavy atom. The molecule has 0 aliphatic heterocycles. The number of hydrogen-bond acceptors (Lipinski definition) is 6. The second-order valence-corrected chi connectivity index (χ2v) is 6.95. The number of methoxy groups -OCH3 is 3. The Morgan fingerprint density at radius 2 is 1.78 bits per heavy atom. The summed E-state index contributed by atoms with van der Waals surface area (Å²) in [6.45, 7) is 0.157. The van der Waals surface area contributed by atoms with E-state index in [0.717, 1.165) is 16.4 Å². The molecule has 0 aliphatic rings. The van der Waals surface area contributed by atoms with Crippen LogP contribution in [-0.4, -0.2) is 54.6 Å². The third kappa shape index (κ3) is 4.02. The second-order valence-electron chi connectivity index (χ2n) is 6.95. The van der Waals surface area contributed by atoms with Gasteiger partial charge in [0.25, 0.3) is 5.91 Å². The van der Waals surface area contributed by atoms with Crippen molar-refractivity contribution in [3.8, 4) is 17.2 Å². The van der Waals surface area contributed by atoms with Gasteiger partial charge in [-0.25, -0.2) is 4.98 Å². The molecule has 0 unspecified atom stereocenters. The molecule has 166 valence electrons. The molecule has 0 radical (unpaired) electrons. The number of anilines is 1. The maximum absolute atomic E-state index is 12.6. The van der Waals surface area contributed by atoms with Gasteiger partial charge in [0.05, 0.1) is 37.9 Å². The van der Waals surface area contributed by atoms with Crippen molar-refractivity contribution in [1.29, 1.82) is 0 Å². The van der Waals surface area contributed by atoms with Crippen molar-refractivity contribution >= 4 is 39.7 Å². The number of H-pyrrole nitrogens is 2. The number of amides is 2. The third-order valence-corrected chi connectivity index (χ3v) is 4.95. The van der Waals surface area contributed by atoms with E-state index in [9.17, 15) is 9.59 Å². The van der Waals surface area contributed by atoms with Gasteiger partial charge in [-0.15, -0.1) is 0 Å². The number of imidazole rings is 1. The molecule has 4 aromatic rings. The number of carbonyl (C=O) groups excluding carboxylic acids is 2. The first kappa shape index (κ1) is 21.0. The monoisotopic (exact) mass is 437 g/mol. The second kappa shape index (κ2) is 8.88. The molecule has 0 atom stereocenters. The third-order valence-electron chi connectivity index (χ3n) is 4.95. The van der Waals surface area contributed by atoms with Crippen LogP contribution in [0.1, 0.15) is 16.9 Å². The van der Waals surface area contributed by atoms with Crippen LogP contribution in [0.15, 0.2) is 36.4 Å². The summed E-state index contributed by atoms with van der Waals surface area (Å²) in [5.74, 6) is 1.11. The summed E-state index contributed by atoms with van der Waals surface area (Å²) in [6, 6.07) is 10.9. The first-order chi connectivity index (χ1) is 15.5. The molecule has 2 aromatic heterocycles. The maximum atomic E-state index is 12.6. The first-order valence-electron chi connectivity index (χ1n) is 9.88. The Morgan fingerprint density at radius 3 is 2.50 bits per heavy atom. The lowest BCUT2D eigenvalue weighted by molar-refractivity contribution is -0.116. The van der Waals surface area contributed by atoms with E-state index in [2.05, 4.69) is 25.6 Å². The van der Waals surface area contributed by atoms with Crippen LogP contribution >= 0.6 is 0 Å². The Hall–Kier alpha value is -4.21. The van der Waals surface area contributed by atoms with Crippen molar-refractivity contribution in [2.45, 2.75) is 6.42 Å². The van der Waals surface area contributed by atoms with E-state index in [4.69, 9.17) is 14.2 Å². The number of fused-ring (bicyclic) bond motifs is 2. The summed E-state index contributed by atoms with van der Waals surface area (Å²) in [4.78, 5) is 35.2. The highest BCUT2D eigenvalue weighted by atomic mass is 16.5. The number of carbonyl (C=O) groups is 2. The molecule has 0 aliphatic carbocycles. The number of nitrogens with one attached hydrogen (secondary N) is 4. The smallest absolute Gasteiger partial charge is 0.267 e. The number of nitrogens with zero attached hydrogens (tertiary/aromatic N) is 1. The number of benzene rings is 2. The van der Waals surface area contributed by atoms with Gasteiger partial charge >= 0.3 is 0 Å². The van der Waals surface area contributed by atoms with Crippen LogP contribution in [0, 0.1) is 0 Å². The average Bonchev–Trinajstić information content (AvgIpc) is 3.40. The van der Waals surface area contributed by atoms with Gasteiger partial charge in [-0.3, -0.25) is 14.9 Å². The molecular formula is C22H23N5O5. The Balaban J connectivity index is 1.39. The summed E-state index contributed by atoms with van der Waals surface area (Å²) in [6.07, 6.45) is 0.0913. The topological polar surface area (TPSA) is 130 Å². The summed E-state index contributed by atoms with van der Waals surface area (Å²) in [7, 11) is 4.55. The van der Waals surface area contributed by atoms with E-state index < -0.39 is 0 Å². The lowest BCUT2D eigenvalue weighted by atomic mass is 10.2. The van der Waals surface area contributed by atoms with Crippen molar-refractivity contribution < 1.29 is 23.8 Å². The van der Waals surface area contributed by atoms with Gasteiger partial charge in [-0.1, -0.05) is 12.1 Å². The first-order valence-corrected chi connectivity index (χ1v) is 9.88. The number of hydrogen-bond donors (Lipinski definition) is 4. The molecular weight excluding hydrogens is 414 g/mol. The number of aromatic amines is 2. The lowest BCUT2D eigenvalue weighted by Crippen LogP contribution is -2.28. The quantitative estimate of drug-likeness (QED) is 0.335. The Kier molecular flexibility index (Phi) is 5.84. The zero-order chi connectivity index (χ0) is 22.7. The molecule has 4 rings (SSSR count). The number of aromatic nitrogens is 3. The van der Waals surface area contributed by atoms with Crippen LogP contribution in [0.2, 0.25) is 0 Å². The van der Waals surface area contributed by atoms with Crippen LogP contribution in [-0.2, 0) is 4.79 Å². The zero-order valence-electron chi connectivity index (χ0n) is 17.9. The van der Waals surface area contributed by atoms with Crippen molar-refractivity contribution in [3.63, 3.8) is 0 Å². The number of ether oxygens (including phenoxy) is 3. The molecule has 2 amide bonds. The molecule has 0 spiro atoms. The molecule has 4 N–H and O–H groups in total. The van der Waals surface area contributed by atoms with Gasteiger partial charge in [-0.2, -0.15) is 0 Å².